The Labute approximate surface area is 136 Å². The fourth-order valence-electron chi connectivity index (χ4n) is 2.38. The maximum atomic E-state index is 12.2. The van der Waals surface area contributed by atoms with Crippen LogP contribution >= 0.6 is 0 Å². The van der Waals surface area contributed by atoms with Gasteiger partial charge < -0.3 is 14.8 Å². The Morgan fingerprint density at radius 3 is 2.61 bits per heavy atom. The van der Waals surface area contributed by atoms with Crippen LogP contribution in [0.25, 0.3) is 0 Å². The molecule has 0 saturated carbocycles. The molecule has 1 aromatic heterocycles. The number of hydrogen-bond acceptors (Lipinski definition) is 3. The van der Waals surface area contributed by atoms with Gasteiger partial charge in [0.1, 0.15) is 0 Å². The third-order valence-electron chi connectivity index (χ3n) is 3.74. The van der Waals surface area contributed by atoms with Crippen molar-refractivity contribution in [3.63, 3.8) is 0 Å². The molecule has 122 valence electrons. The molecule has 0 aliphatic rings. The van der Waals surface area contributed by atoms with Gasteiger partial charge >= 0.3 is 0 Å². The van der Waals surface area contributed by atoms with Gasteiger partial charge in [0.15, 0.2) is 0 Å². The predicted octanol–water partition coefficient (Wildman–Crippen LogP) is 2.04. The van der Waals surface area contributed by atoms with E-state index in [2.05, 4.69) is 5.32 Å². The monoisotopic (exact) mass is 313 g/mol. The molecule has 5 heteroatoms. The van der Waals surface area contributed by atoms with Crippen LogP contribution in [0.1, 0.15) is 22.5 Å². The molecule has 23 heavy (non-hydrogen) atoms. The van der Waals surface area contributed by atoms with Crippen molar-refractivity contribution in [2.45, 2.75) is 19.9 Å². The normalized spacial score (nSPS) is 10.4. The number of rotatable bonds is 6. The number of amides is 1. The minimum absolute atomic E-state index is 0.00462. The molecule has 0 aliphatic carbocycles. The summed E-state index contributed by atoms with van der Waals surface area (Å²) >= 11 is 0. The Morgan fingerprint density at radius 2 is 1.91 bits per heavy atom. The molecule has 1 amide bonds. The van der Waals surface area contributed by atoms with Crippen LogP contribution in [0, 0.1) is 6.92 Å². The smallest absolute Gasteiger partial charge is 0.251 e. The summed E-state index contributed by atoms with van der Waals surface area (Å²) in [5.41, 5.74) is 2.56. The van der Waals surface area contributed by atoms with Gasteiger partial charge in [0.2, 0.25) is 0 Å². The summed E-state index contributed by atoms with van der Waals surface area (Å²) in [7, 11) is 3.88. The quantitative estimate of drug-likeness (QED) is 0.830. The van der Waals surface area contributed by atoms with E-state index in [0.29, 0.717) is 25.1 Å². The van der Waals surface area contributed by atoms with Crippen LogP contribution in [0.4, 0.5) is 5.69 Å². The van der Waals surface area contributed by atoms with E-state index in [0.717, 1.165) is 11.4 Å². The molecule has 1 heterocycles. The van der Waals surface area contributed by atoms with Gasteiger partial charge in [-0.15, -0.1) is 0 Å². The predicted molar refractivity (Wildman–Crippen MR) is 93.2 cm³/mol. The Balaban J connectivity index is 1.88. The third-order valence-corrected chi connectivity index (χ3v) is 3.74. The molecular weight excluding hydrogens is 290 g/mol. The molecular formula is C18H23N3O2. The lowest BCUT2D eigenvalue weighted by atomic mass is 10.2. The van der Waals surface area contributed by atoms with Gasteiger partial charge in [-0.1, -0.05) is 12.1 Å². The zero-order valence-electron chi connectivity index (χ0n) is 13.9. The standard InChI is InChI=1S/C18H23N3O2/c1-14-7-4-10-17(22)21(14)12-6-11-19-18(23)15-8-5-9-16(13-15)20(2)3/h4-5,7-10,13H,6,11-12H2,1-3H3,(H,19,23). The second-order valence-electron chi connectivity index (χ2n) is 5.71. The van der Waals surface area contributed by atoms with Crippen LogP contribution in [0.15, 0.2) is 47.3 Å². The van der Waals surface area contributed by atoms with Crippen molar-refractivity contribution in [1.82, 2.24) is 9.88 Å². The van der Waals surface area contributed by atoms with Gasteiger partial charge in [-0.25, -0.2) is 0 Å². The highest BCUT2D eigenvalue weighted by Crippen LogP contribution is 2.13. The summed E-state index contributed by atoms with van der Waals surface area (Å²) in [5, 5.41) is 2.90. The fraction of sp³-hybridized carbons (Fsp3) is 0.333. The van der Waals surface area contributed by atoms with E-state index in [4.69, 9.17) is 0 Å². The second kappa shape index (κ2) is 7.63. The molecule has 0 spiro atoms. The van der Waals surface area contributed by atoms with Crippen molar-refractivity contribution in [2.75, 3.05) is 25.5 Å². The fourth-order valence-corrected chi connectivity index (χ4v) is 2.38. The van der Waals surface area contributed by atoms with E-state index in [1.165, 1.54) is 0 Å². The summed E-state index contributed by atoms with van der Waals surface area (Å²) in [5.74, 6) is -0.0918. The molecule has 2 aromatic rings. The molecule has 5 nitrogen and oxygen atoms in total. The molecule has 1 N–H and O–H groups in total. The van der Waals surface area contributed by atoms with Crippen molar-refractivity contribution in [3.05, 3.63) is 64.1 Å². The first-order valence-electron chi connectivity index (χ1n) is 7.71. The Bertz CT molecular complexity index is 735. The minimum Gasteiger partial charge on any atom is -0.378 e. The van der Waals surface area contributed by atoms with Crippen LogP contribution in [-0.4, -0.2) is 31.1 Å². The van der Waals surface area contributed by atoms with E-state index in [1.807, 2.05) is 50.2 Å². The van der Waals surface area contributed by atoms with Gasteiger partial charge in [-0.05, 0) is 37.6 Å². The van der Waals surface area contributed by atoms with Crippen molar-refractivity contribution in [1.29, 1.82) is 0 Å². The Kier molecular flexibility index (Phi) is 5.57. The van der Waals surface area contributed by atoms with Crippen LogP contribution in [0.3, 0.4) is 0 Å². The van der Waals surface area contributed by atoms with E-state index in [1.54, 1.807) is 22.8 Å². The number of aromatic nitrogens is 1. The van der Waals surface area contributed by atoms with Gasteiger partial charge in [0.05, 0.1) is 0 Å². The van der Waals surface area contributed by atoms with E-state index < -0.39 is 0 Å². The molecule has 0 unspecified atom stereocenters. The SMILES string of the molecule is Cc1cccc(=O)n1CCCNC(=O)c1cccc(N(C)C)c1. The molecule has 0 fully saturated rings. The topological polar surface area (TPSA) is 54.3 Å². The van der Waals surface area contributed by atoms with Gasteiger partial charge in [-0.3, -0.25) is 9.59 Å². The van der Waals surface area contributed by atoms with Crippen molar-refractivity contribution >= 4 is 11.6 Å². The number of carbonyl (C=O) groups is 1. The maximum absolute atomic E-state index is 12.2. The van der Waals surface area contributed by atoms with Crippen molar-refractivity contribution < 1.29 is 4.79 Å². The number of aryl methyl sites for hydroxylation is 1. The summed E-state index contributed by atoms with van der Waals surface area (Å²) in [6.45, 7) is 3.04. The lowest BCUT2D eigenvalue weighted by Gasteiger charge is -2.13. The number of carbonyl (C=O) groups excluding carboxylic acids is 1. The number of hydrogen-bond donors (Lipinski definition) is 1. The summed E-state index contributed by atoms with van der Waals surface area (Å²) in [6.07, 6.45) is 0.712. The van der Waals surface area contributed by atoms with E-state index in [-0.39, 0.29) is 11.5 Å². The van der Waals surface area contributed by atoms with Gasteiger partial charge in [0, 0.05) is 50.2 Å². The molecule has 0 saturated heterocycles. The molecule has 0 bridgehead atoms. The van der Waals surface area contributed by atoms with E-state index in [9.17, 15) is 9.59 Å². The third kappa shape index (κ3) is 4.45. The number of anilines is 1. The molecule has 1 aromatic carbocycles. The first kappa shape index (κ1) is 16.8. The lowest BCUT2D eigenvalue weighted by molar-refractivity contribution is 0.0952. The number of nitrogens with zero attached hydrogens (tertiary/aromatic N) is 2. The van der Waals surface area contributed by atoms with Crippen LogP contribution in [-0.2, 0) is 6.54 Å². The number of nitrogens with one attached hydrogen (secondary N) is 1. The maximum Gasteiger partial charge on any atom is 0.251 e. The first-order valence-corrected chi connectivity index (χ1v) is 7.71. The molecule has 2 rings (SSSR count). The summed E-state index contributed by atoms with van der Waals surface area (Å²) in [6, 6.07) is 12.7. The van der Waals surface area contributed by atoms with Crippen LogP contribution in [0.2, 0.25) is 0 Å². The van der Waals surface area contributed by atoms with Gasteiger partial charge in [0.25, 0.3) is 11.5 Å². The molecule has 0 aliphatic heterocycles. The zero-order chi connectivity index (χ0) is 16.8. The van der Waals surface area contributed by atoms with Crippen LogP contribution in [0.5, 0.6) is 0 Å². The summed E-state index contributed by atoms with van der Waals surface area (Å²) < 4.78 is 1.72. The molecule has 0 atom stereocenters. The molecule has 0 radical (unpaired) electrons. The van der Waals surface area contributed by atoms with Crippen molar-refractivity contribution in [3.8, 4) is 0 Å². The van der Waals surface area contributed by atoms with Gasteiger partial charge in [-0.2, -0.15) is 0 Å². The average molecular weight is 313 g/mol. The van der Waals surface area contributed by atoms with Crippen LogP contribution < -0.4 is 15.8 Å². The Hall–Kier alpha value is -2.56. The van der Waals surface area contributed by atoms with E-state index >= 15 is 0 Å². The zero-order valence-corrected chi connectivity index (χ0v) is 13.9. The second-order valence-corrected chi connectivity index (χ2v) is 5.71. The number of benzene rings is 1. The summed E-state index contributed by atoms with van der Waals surface area (Å²) in [4.78, 5) is 25.9. The highest BCUT2D eigenvalue weighted by molar-refractivity contribution is 5.95. The highest BCUT2D eigenvalue weighted by Gasteiger charge is 2.06. The first-order chi connectivity index (χ1) is 11.0. The average Bonchev–Trinajstić information content (AvgIpc) is 2.53. The Morgan fingerprint density at radius 1 is 1.17 bits per heavy atom. The van der Waals surface area contributed by atoms with Crippen molar-refractivity contribution in [2.24, 2.45) is 0 Å². The lowest BCUT2D eigenvalue weighted by Crippen LogP contribution is -2.27. The largest absolute Gasteiger partial charge is 0.378 e. The highest BCUT2D eigenvalue weighted by atomic mass is 16.1. The minimum atomic E-state index is -0.0918. The number of pyridine rings is 1.